The zero-order valence-corrected chi connectivity index (χ0v) is 11.8. The number of hydrogen-bond acceptors (Lipinski definition) is 5. The second-order valence-corrected chi connectivity index (χ2v) is 5.03. The Balaban J connectivity index is 2.31. The van der Waals surface area contributed by atoms with Crippen LogP contribution in [0.2, 0.25) is 0 Å². The molecule has 0 bridgehead atoms. The molecule has 0 aliphatic carbocycles. The van der Waals surface area contributed by atoms with Crippen LogP contribution in [0.4, 0.5) is 0 Å². The van der Waals surface area contributed by atoms with E-state index in [1.54, 1.807) is 12.5 Å². The maximum atomic E-state index is 12.2. The molecular formula is C13H22N4O2. The normalized spacial score (nSPS) is 18.5. The van der Waals surface area contributed by atoms with Gasteiger partial charge in [-0.1, -0.05) is 0 Å². The van der Waals surface area contributed by atoms with Crippen molar-refractivity contribution in [2.24, 2.45) is 0 Å². The molecule has 0 spiro atoms. The van der Waals surface area contributed by atoms with Crippen molar-refractivity contribution in [1.82, 2.24) is 19.8 Å². The molecule has 1 aromatic heterocycles. The summed E-state index contributed by atoms with van der Waals surface area (Å²) in [5, 5.41) is 3.29. The molecule has 1 unspecified atom stereocenters. The zero-order chi connectivity index (χ0) is 13.8. The quantitative estimate of drug-likeness (QED) is 0.808. The number of rotatable bonds is 4. The third kappa shape index (κ3) is 2.96. The second kappa shape index (κ2) is 6.16. The first kappa shape index (κ1) is 14.0. The summed E-state index contributed by atoms with van der Waals surface area (Å²) in [6.07, 6.45) is 3.54. The number of esters is 1. The minimum absolute atomic E-state index is 0.218. The van der Waals surface area contributed by atoms with Crippen LogP contribution in [0.3, 0.4) is 0 Å². The number of nitrogens with one attached hydrogen (secondary N) is 1. The van der Waals surface area contributed by atoms with Gasteiger partial charge in [-0.05, 0) is 13.8 Å². The van der Waals surface area contributed by atoms with E-state index >= 15 is 0 Å². The number of imidazole rings is 1. The molecule has 1 aliphatic rings. The third-order valence-electron chi connectivity index (χ3n) is 3.47. The molecule has 1 atom stereocenters. The van der Waals surface area contributed by atoms with Gasteiger partial charge in [0.1, 0.15) is 0 Å². The molecule has 106 valence electrons. The SMILES string of the molecule is COC(=O)C(c1cncn1C(C)C)N1CCNCC1. The van der Waals surface area contributed by atoms with Crippen molar-refractivity contribution in [3.05, 3.63) is 18.2 Å². The molecule has 1 fully saturated rings. The fraction of sp³-hybridized carbons (Fsp3) is 0.692. The van der Waals surface area contributed by atoms with E-state index in [4.69, 9.17) is 4.74 Å². The number of nitrogens with zero attached hydrogens (tertiary/aromatic N) is 3. The first-order valence-electron chi connectivity index (χ1n) is 6.69. The second-order valence-electron chi connectivity index (χ2n) is 5.03. The van der Waals surface area contributed by atoms with Crippen molar-refractivity contribution in [3.63, 3.8) is 0 Å². The lowest BCUT2D eigenvalue weighted by atomic mass is 10.1. The number of carbonyl (C=O) groups is 1. The van der Waals surface area contributed by atoms with Crippen LogP contribution in [-0.4, -0.2) is 53.7 Å². The van der Waals surface area contributed by atoms with Crippen LogP contribution in [0.25, 0.3) is 0 Å². The van der Waals surface area contributed by atoms with Crippen LogP contribution in [0.15, 0.2) is 12.5 Å². The molecule has 19 heavy (non-hydrogen) atoms. The van der Waals surface area contributed by atoms with E-state index in [2.05, 4.69) is 29.0 Å². The fourth-order valence-electron chi connectivity index (χ4n) is 2.47. The lowest BCUT2D eigenvalue weighted by Crippen LogP contribution is -2.47. The van der Waals surface area contributed by atoms with E-state index < -0.39 is 0 Å². The summed E-state index contributed by atoms with van der Waals surface area (Å²) in [4.78, 5) is 18.5. The predicted octanol–water partition coefficient (Wildman–Crippen LogP) is 0.583. The average Bonchev–Trinajstić information content (AvgIpc) is 2.89. The maximum Gasteiger partial charge on any atom is 0.329 e. The molecule has 1 aliphatic heterocycles. The van der Waals surface area contributed by atoms with Gasteiger partial charge in [0.15, 0.2) is 6.04 Å². The Hall–Kier alpha value is -1.40. The molecule has 2 heterocycles. The first-order valence-corrected chi connectivity index (χ1v) is 6.69. The lowest BCUT2D eigenvalue weighted by molar-refractivity contribution is -0.147. The largest absolute Gasteiger partial charge is 0.468 e. The van der Waals surface area contributed by atoms with Gasteiger partial charge in [0.25, 0.3) is 0 Å². The van der Waals surface area contributed by atoms with Crippen molar-refractivity contribution in [1.29, 1.82) is 0 Å². The highest BCUT2D eigenvalue weighted by Gasteiger charge is 2.32. The zero-order valence-electron chi connectivity index (χ0n) is 11.8. The van der Waals surface area contributed by atoms with E-state index in [0.717, 1.165) is 31.9 Å². The van der Waals surface area contributed by atoms with E-state index in [1.807, 2.05) is 4.57 Å². The van der Waals surface area contributed by atoms with Gasteiger partial charge in [0, 0.05) is 32.2 Å². The Labute approximate surface area is 113 Å². The number of hydrogen-bond donors (Lipinski definition) is 1. The van der Waals surface area contributed by atoms with Gasteiger partial charge in [-0.15, -0.1) is 0 Å². The van der Waals surface area contributed by atoms with Crippen LogP contribution in [0.5, 0.6) is 0 Å². The molecule has 0 aromatic carbocycles. The Morgan fingerprint density at radius 2 is 2.11 bits per heavy atom. The maximum absolute atomic E-state index is 12.2. The molecule has 0 amide bonds. The number of ether oxygens (including phenoxy) is 1. The van der Waals surface area contributed by atoms with E-state index in [9.17, 15) is 4.79 Å². The van der Waals surface area contributed by atoms with Crippen LogP contribution in [-0.2, 0) is 9.53 Å². The first-order chi connectivity index (χ1) is 9.15. The average molecular weight is 266 g/mol. The molecule has 1 saturated heterocycles. The van der Waals surface area contributed by atoms with E-state index in [-0.39, 0.29) is 18.1 Å². The fourth-order valence-corrected chi connectivity index (χ4v) is 2.47. The molecule has 1 N–H and O–H groups in total. The Morgan fingerprint density at radius 3 is 2.68 bits per heavy atom. The van der Waals surface area contributed by atoms with Crippen molar-refractivity contribution in [2.45, 2.75) is 25.9 Å². The number of carbonyl (C=O) groups excluding carboxylic acids is 1. The van der Waals surface area contributed by atoms with Crippen LogP contribution in [0, 0.1) is 0 Å². The summed E-state index contributed by atoms with van der Waals surface area (Å²) in [7, 11) is 1.44. The van der Waals surface area contributed by atoms with Gasteiger partial charge in [0.2, 0.25) is 0 Å². The smallest absolute Gasteiger partial charge is 0.329 e. The van der Waals surface area contributed by atoms with Gasteiger partial charge in [0.05, 0.1) is 25.3 Å². The number of methoxy groups -OCH3 is 1. The van der Waals surface area contributed by atoms with E-state index in [1.165, 1.54) is 7.11 Å². The minimum atomic E-state index is -0.364. The van der Waals surface area contributed by atoms with Gasteiger partial charge < -0.3 is 14.6 Å². The van der Waals surface area contributed by atoms with Gasteiger partial charge in [-0.25, -0.2) is 9.78 Å². The summed E-state index contributed by atoms with van der Waals surface area (Å²) in [6, 6.07) is -0.0930. The van der Waals surface area contributed by atoms with Crippen LogP contribution in [0.1, 0.15) is 31.6 Å². The molecule has 6 heteroatoms. The number of aromatic nitrogens is 2. The summed E-state index contributed by atoms with van der Waals surface area (Å²) in [5.41, 5.74) is 0.906. The Kier molecular flexibility index (Phi) is 4.55. The van der Waals surface area contributed by atoms with Gasteiger partial charge in [-0.2, -0.15) is 0 Å². The molecule has 0 radical (unpaired) electrons. The highest BCUT2D eigenvalue weighted by molar-refractivity contribution is 5.77. The third-order valence-corrected chi connectivity index (χ3v) is 3.47. The lowest BCUT2D eigenvalue weighted by Gasteiger charge is -2.33. The standard InChI is InChI=1S/C13H22N4O2/c1-10(2)17-9-15-8-11(17)12(13(18)19-3)16-6-4-14-5-7-16/h8-10,12,14H,4-7H2,1-3H3. The summed E-state index contributed by atoms with van der Waals surface area (Å²) < 4.78 is 7.01. The Morgan fingerprint density at radius 1 is 1.42 bits per heavy atom. The molecule has 0 saturated carbocycles. The molecule has 6 nitrogen and oxygen atoms in total. The minimum Gasteiger partial charge on any atom is -0.468 e. The van der Waals surface area contributed by atoms with Crippen molar-refractivity contribution in [3.8, 4) is 0 Å². The number of piperazine rings is 1. The van der Waals surface area contributed by atoms with Crippen molar-refractivity contribution >= 4 is 5.97 Å². The molecule has 2 rings (SSSR count). The van der Waals surface area contributed by atoms with E-state index in [0.29, 0.717) is 0 Å². The Bertz CT molecular complexity index is 424. The molecular weight excluding hydrogens is 244 g/mol. The highest BCUT2D eigenvalue weighted by atomic mass is 16.5. The highest BCUT2D eigenvalue weighted by Crippen LogP contribution is 2.24. The summed E-state index contributed by atoms with van der Waals surface area (Å²) in [6.45, 7) is 7.62. The monoisotopic (exact) mass is 266 g/mol. The predicted molar refractivity (Wildman–Crippen MR) is 71.8 cm³/mol. The summed E-state index contributed by atoms with van der Waals surface area (Å²) >= 11 is 0. The summed E-state index contributed by atoms with van der Waals surface area (Å²) in [5.74, 6) is -0.218. The van der Waals surface area contributed by atoms with Crippen molar-refractivity contribution in [2.75, 3.05) is 33.3 Å². The van der Waals surface area contributed by atoms with Gasteiger partial charge >= 0.3 is 5.97 Å². The van der Waals surface area contributed by atoms with Crippen molar-refractivity contribution < 1.29 is 9.53 Å². The van der Waals surface area contributed by atoms with Crippen LogP contribution < -0.4 is 5.32 Å². The van der Waals surface area contributed by atoms with Gasteiger partial charge in [-0.3, -0.25) is 4.90 Å². The van der Waals surface area contributed by atoms with Crippen LogP contribution >= 0.6 is 0 Å². The topological polar surface area (TPSA) is 59.4 Å². The molecule has 1 aromatic rings.